The predicted molar refractivity (Wildman–Crippen MR) is 72.3 cm³/mol. The van der Waals surface area contributed by atoms with Crippen LogP contribution in [0.5, 0.6) is 0 Å². The molecule has 0 aliphatic heterocycles. The van der Waals surface area contributed by atoms with Crippen molar-refractivity contribution in [2.24, 2.45) is 0 Å². The molecule has 0 aliphatic rings. The minimum Gasteiger partial charge on any atom is -0.379 e. The Bertz CT molecular complexity index is 387. The first-order valence-corrected chi connectivity index (χ1v) is 6.32. The monoisotopic (exact) mass is 250 g/mol. The van der Waals surface area contributed by atoms with E-state index in [0.717, 1.165) is 16.7 Å². The molecule has 1 aromatic carbocycles. The molecule has 3 nitrogen and oxygen atoms in total. The van der Waals surface area contributed by atoms with Gasteiger partial charge in [0.1, 0.15) is 6.61 Å². The van der Waals surface area contributed by atoms with Gasteiger partial charge < -0.3 is 9.47 Å². The summed E-state index contributed by atoms with van der Waals surface area (Å²) in [5.41, 5.74) is 4.01. The molecule has 0 aromatic heterocycles. The molecule has 0 bridgehead atoms. The zero-order valence-corrected chi connectivity index (χ0v) is 11.7. The molecule has 0 spiro atoms. The van der Waals surface area contributed by atoms with Crippen molar-refractivity contribution in [3.63, 3.8) is 0 Å². The zero-order valence-electron chi connectivity index (χ0n) is 11.7. The second-order valence-corrected chi connectivity index (χ2v) is 4.45. The Morgan fingerprint density at radius 1 is 1.06 bits per heavy atom. The van der Waals surface area contributed by atoms with Gasteiger partial charge in [-0.05, 0) is 38.8 Å². The Morgan fingerprint density at radius 3 is 2.17 bits per heavy atom. The third-order valence-electron chi connectivity index (χ3n) is 2.77. The lowest BCUT2D eigenvalue weighted by molar-refractivity contribution is 0.0474. The van der Waals surface area contributed by atoms with Crippen molar-refractivity contribution in [3.8, 4) is 0 Å². The molecule has 0 saturated carbocycles. The molecule has 0 radical (unpaired) electrons. The second-order valence-electron chi connectivity index (χ2n) is 4.45. The first kappa shape index (κ1) is 14.9. The average molecular weight is 250 g/mol. The van der Waals surface area contributed by atoms with Crippen molar-refractivity contribution in [2.45, 2.75) is 27.7 Å². The number of ketones is 1. The van der Waals surface area contributed by atoms with Crippen molar-refractivity contribution in [3.05, 3.63) is 34.4 Å². The lowest BCUT2D eigenvalue weighted by Crippen LogP contribution is -2.15. The number of rotatable bonds is 7. The second kappa shape index (κ2) is 7.29. The number of Topliss-reactive ketones (excluding diaryl/α,β-unsaturated/α-hetero) is 1. The van der Waals surface area contributed by atoms with Crippen LogP contribution < -0.4 is 0 Å². The summed E-state index contributed by atoms with van der Waals surface area (Å²) in [6.45, 7) is 9.70. The third-order valence-corrected chi connectivity index (χ3v) is 2.77. The smallest absolute Gasteiger partial charge is 0.188 e. The van der Waals surface area contributed by atoms with Crippen molar-refractivity contribution in [2.75, 3.05) is 26.4 Å². The molecule has 0 aliphatic carbocycles. The number of hydrogen-bond donors (Lipinski definition) is 0. The van der Waals surface area contributed by atoms with E-state index in [4.69, 9.17) is 9.47 Å². The minimum atomic E-state index is 0.0431. The molecular formula is C15H22O3. The highest BCUT2D eigenvalue weighted by Gasteiger charge is 2.12. The van der Waals surface area contributed by atoms with E-state index in [0.29, 0.717) is 19.8 Å². The molecule has 1 rings (SSSR count). The zero-order chi connectivity index (χ0) is 13.5. The van der Waals surface area contributed by atoms with Gasteiger partial charge >= 0.3 is 0 Å². The van der Waals surface area contributed by atoms with Crippen LogP contribution in [0.2, 0.25) is 0 Å². The number of aryl methyl sites for hydroxylation is 3. The van der Waals surface area contributed by atoms with Crippen LogP contribution in [0.15, 0.2) is 12.1 Å². The van der Waals surface area contributed by atoms with Crippen molar-refractivity contribution in [1.82, 2.24) is 0 Å². The van der Waals surface area contributed by atoms with Crippen LogP contribution in [0.4, 0.5) is 0 Å². The maximum absolute atomic E-state index is 12.1. The summed E-state index contributed by atoms with van der Waals surface area (Å²) in [6.07, 6.45) is 0. The highest BCUT2D eigenvalue weighted by atomic mass is 16.5. The molecule has 100 valence electrons. The largest absolute Gasteiger partial charge is 0.379 e. The molecule has 0 atom stereocenters. The van der Waals surface area contributed by atoms with Crippen molar-refractivity contribution >= 4 is 5.78 Å². The van der Waals surface area contributed by atoms with Crippen LogP contribution in [-0.2, 0) is 9.47 Å². The molecule has 3 heteroatoms. The van der Waals surface area contributed by atoms with Gasteiger partial charge in [0, 0.05) is 12.2 Å². The molecule has 0 amide bonds. The van der Waals surface area contributed by atoms with Gasteiger partial charge in [-0.2, -0.15) is 0 Å². The number of benzene rings is 1. The number of carbonyl (C=O) groups excluding carboxylic acids is 1. The number of ether oxygens (including phenoxy) is 2. The van der Waals surface area contributed by atoms with Crippen LogP contribution >= 0.6 is 0 Å². The van der Waals surface area contributed by atoms with E-state index in [9.17, 15) is 4.79 Å². The highest BCUT2D eigenvalue weighted by Crippen LogP contribution is 2.17. The van der Waals surface area contributed by atoms with E-state index < -0.39 is 0 Å². The maximum atomic E-state index is 12.1. The van der Waals surface area contributed by atoms with Gasteiger partial charge in [-0.25, -0.2) is 0 Å². The Morgan fingerprint density at radius 2 is 1.61 bits per heavy atom. The molecule has 1 aromatic rings. The van der Waals surface area contributed by atoms with Gasteiger partial charge in [0.15, 0.2) is 5.78 Å². The SMILES string of the molecule is CCOCCOCC(=O)c1c(C)cc(C)cc1C. The fourth-order valence-electron chi connectivity index (χ4n) is 2.12. The summed E-state index contributed by atoms with van der Waals surface area (Å²) in [7, 11) is 0. The highest BCUT2D eigenvalue weighted by molar-refractivity contribution is 5.99. The van der Waals surface area contributed by atoms with Crippen LogP contribution in [0.1, 0.15) is 34.0 Å². The van der Waals surface area contributed by atoms with Gasteiger partial charge in [0.05, 0.1) is 13.2 Å². The Labute approximate surface area is 109 Å². The van der Waals surface area contributed by atoms with Gasteiger partial charge in [-0.3, -0.25) is 4.79 Å². The molecule has 0 fully saturated rings. The standard InChI is InChI=1S/C15H22O3/c1-5-17-6-7-18-10-14(16)15-12(3)8-11(2)9-13(15)4/h8-9H,5-7,10H2,1-4H3. The van der Waals surface area contributed by atoms with Gasteiger partial charge in [0.25, 0.3) is 0 Å². The molecule has 0 saturated heterocycles. The summed E-state index contributed by atoms with van der Waals surface area (Å²) in [4.78, 5) is 12.1. The van der Waals surface area contributed by atoms with Gasteiger partial charge in [0.2, 0.25) is 0 Å². The molecule has 0 N–H and O–H groups in total. The molecule has 0 heterocycles. The van der Waals surface area contributed by atoms with Crippen LogP contribution in [-0.4, -0.2) is 32.2 Å². The Balaban J connectivity index is 2.57. The fourth-order valence-corrected chi connectivity index (χ4v) is 2.12. The normalized spacial score (nSPS) is 10.7. The summed E-state index contributed by atoms with van der Waals surface area (Å²) in [6, 6.07) is 4.06. The van der Waals surface area contributed by atoms with Crippen molar-refractivity contribution < 1.29 is 14.3 Å². The van der Waals surface area contributed by atoms with Crippen LogP contribution in [0.25, 0.3) is 0 Å². The van der Waals surface area contributed by atoms with E-state index >= 15 is 0 Å². The maximum Gasteiger partial charge on any atom is 0.188 e. The van der Waals surface area contributed by atoms with Crippen LogP contribution in [0.3, 0.4) is 0 Å². The van der Waals surface area contributed by atoms with Crippen molar-refractivity contribution in [1.29, 1.82) is 0 Å². The fraction of sp³-hybridized carbons (Fsp3) is 0.533. The number of carbonyl (C=O) groups is 1. The molecule has 18 heavy (non-hydrogen) atoms. The first-order valence-electron chi connectivity index (χ1n) is 6.32. The van der Waals surface area contributed by atoms with Gasteiger partial charge in [-0.1, -0.05) is 17.7 Å². The van der Waals surface area contributed by atoms with Crippen LogP contribution in [0, 0.1) is 20.8 Å². The average Bonchev–Trinajstić information content (AvgIpc) is 2.27. The van der Waals surface area contributed by atoms with E-state index in [1.165, 1.54) is 5.56 Å². The summed E-state index contributed by atoms with van der Waals surface area (Å²) in [5, 5.41) is 0. The molecular weight excluding hydrogens is 228 g/mol. The predicted octanol–water partition coefficient (Wildman–Crippen LogP) is 2.85. The molecule has 0 unspecified atom stereocenters. The summed E-state index contributed by atoms with van der Waals surface area (Å²) < 4.78 is 10.5. The topological polar surface area (TPSA) is 35.5 Å². The van der Waals surface area contributed by atoms with E-state index in [-0.39, 0.29) is 12.4 Å². The Kier molecular flexibility index (Phi) is 6.02. The summed E-state index contributed by atoms with van der Waals surface area (Å²) >= 11 is 0. The number of hydrogen-bond acceptors (Lipinski definition) is 3. The third kappa shape index (κ3) is 4.24. The van der Waals surface area contributed by atoms with E-state index in [2.05, 4.69) is 0 Å². The first-order chi connectivity index (χ1) is 8.56. The van der Waals surface area contributed by atoms with Gasteiger partial charge in [-0.15, -0.1) is 0 Å². The quantitative estimate of drug-likeness (QED) is 0.551. The lowest BCUT2D eigenvalue weighted by atomic mass is 9.97. The lowest BCUT2D eigenvalue weighted by Gasteiger charge is -2.10. The summed E-state index contributed by atoms with van der Waals surface area (Å²) in [5.74, 6) is 0.0431. The van der Waals surface area contributed by atoms with E-state index in [1.807, 2.05) is 39.8 Å². The minimum absolute atomic E-state index is 0.0431. The van der Waals surface area contributed by atoms with E-state index in [1.54, 1.807) is 0 Å². The Hall–Kier alpha value is -1.19.